The average molecular weight is 446 g/mol. The molecular weight excluding hydrogens is 414 g/mol. The number of aliphatic hydroxyl groups is 1. The number of aliphatic hydroxyl groups excluding tert-OH is 1. The fourth-order valence-corrected chi connectivity index (χ4v) is 4.65. The predicted octanol–water partition coefficient (Wildman–Crippen LogP) is 6.85. The van der Waals surface area contributed by atoms with Crippen molar-refractivity contribution < 1.29 is 13.9 Å². The Hall–Kier alpha value is -1.66. The summed E-state index contributed by atoms with van der Waals surface area (Å²) in [6, 6.07) is 13.4. The number of aromatic nitrogens is 1. The van der Waals surface area contributed by atoms with Gasteiger partial charge in [0.15, 0.2) is 13.9 Å². The molecule has 0 saturated heterocycles. The second-order valence-corrected chi connectivity index (χ2v) is 14.6. The van der Waals surface area contributed by atoms with E-state index < -0.39 is 14.4 Å². The summed E-state index contributed by atoms with van der Waals surface area (Å²) in [5.41, 5.74) is 3.45. The van der Waals surface area contributed by atoms with Crippen molar-refractivity contribution in [3.63, 3.8) is 0 Å². The minimum absolute atomic E-state index is 0.0698. The molecule has 0 aliphatic rings. The molecule has 3 aromatic rings. The van der Waals surface area contributed by atoms with Crippen molar-refractivity contribution in [1.29, 1.82) is 0 Å². The van der Waals surface area contributed by atoms with E-state index in [1.165, 1.54) is 0 Å². The Morgan fingerprint density at radius 3 is 2.40 bits per heavy atom. The molecular formula is C24H32ClNO3Si. The maximum absolute atomic E-state index is 10.7. The summed E-state index contributed by atoms with van der Waals surface area (Å²) < 4.78 is 12.6. The predicted molar refractivity (Wildman–Crippen MR) is 127 cm³/mol. The van der Waals surface area contributed by atoms with Gasteiger partial charge < -0.3 is 13.9 Å². The summed E-state index contributed by atoms with van der Waals surface area (Å²) >= 11 is 6.00. The monoisotopic (exact) mass is 445 g/mol. The van der Waals surface area contributed by atoms with E-state index in [0.717, 1.165) is 22.2 Å². The van der Waals surface area contributed by atoms with Gasteiger partial charge in [-0.3, -0.25) is 0 Å². The number of hydrogen-bond acceptors (Lipinski definition) is 4. The highest BCUT2D eigenvalue weighted by Gasteiger charge is 2.40. The third-order valence-electron chi connectivity index (χ3n) is 6.11. The van der Waals surface area contributed by atoms with Crippen molar-refractivity contribution in [3.05, 3.63) is 53.1 Å². The van der Waals surface area contributed by atoms with Crippen LogP contribution in [0.1, 0.15) is 39.7 Å². The minimum atomic E-state index is -2.04. The van der Waals surface area contributed by atoms with Gasteiger partial charge in [-0.05, 0) is 60.4 Å². The lowest BCUT2D eigenvalue weighted by Crippen LogP contribution is -2.47. The Morgan fingerprint density at radius 1 is 1.13 bits per heavy atom. The van der Waals surface area contributed by atoms with Crippen LogP contribution in [0.15, 0.2) is 46.9 Å². The van der Waals surface area contributed by atoms with Gasteiger partial charge in [0.05, 0.1) is 12.2 Å². The number of halogens is 1. The highest BCUT2D eigenvalue weighted by Crippen LogP contribution is 2.38. The Morgan fingerprint density at radius 2 is 1.80 bits per heavy atom. The van der Waals surface area contributed by atoms with Crippen LogP contribution in [0.3, 0.4) is 0 Å². The van der Waals surface area contributed by atoms with Crippen molar-refractivity contribution in [1.82, 2.24) is 4.98 Å². The van der Waals surface area contributed by atoms with E-state index in [4.69, 9.17) is 25.4 Å². The fraction of sp³-hybridized carbons (Fsp3) is 0.458. The van der Waals surface area contributed by atoms with Crippen LogP contribution in [-0.4, -0.2) is 30.6 Å². The van der Waals surface area contributed by atoms with Gasteiger partial charge in [-0.15, -0.1) is 0 Å². The molecule has 0 bridgehead atoms. The van der Waals surface area contributed by atoms with Gasteiger partial charge >= 0.3 is 0 Å². The van der Waals surface area contributed by atoms with Crippen molar-refractivity contribution in [2.24, 2.45) is 0 Å². The molecule has 6 heteroatoms. The van der Waals surface area contributed by atoms with E-state index in [-0.39, 0.29) is 11.1 Å². The number of rotatable bonds is 7. The Bertz CT molecular complexity index is 992. The molecule has 0 aliphatic carbocycles. The van der Waals surface area contributed by atoms with Gasteiger partial charge in [-0.25, -0.2) is 4.98 Å². The summed E-state index contributed by atoms with van der Waals surface area (Å²) in [4.78, 5) is 4.76. The SMILES string of the molecule is CC[C@H](O)[C@H](Cc1cccc2oc(-c3ccc(Cl)cc3)nc12)O[Si](C)(C)C(C)(C)C. The van der Waals surface area contributed by atoms with Crippen LogP contribution in [0, 0.1) is 0 Å². The molecule has 3 rings (SSSR count). The third-order valence-corrected chi connectivity index (χ3v) is 10.9. The highest BCUT2D eigenvalue weighted by molar-refractivity contribution is 6.74. The van der Waals surface area contributed by atoms with E-state index >= 15 is 0 Å². The van der Waals surface area contributed by atoms with Crippen LogP contribution in [0.4, 0.5) is 0 Å². The number of oxazole rings is 1. The molecule has 1 N–H and O–H groups in total. The molecule has 1 aromatic heterocycles. The summed E-state index contributed by atoms with van der Waals surface area (Å²) in [6.45, 7) is 13.1. The Labute approximate surface area is 185 Å². The molecule has 0 unspecified atom stereocenters. The first-order valence-corrected chi connectivity index (χ1v) is 13.8. The first-order chi connectivity index (χ1) is 14.0. The van der Waals surface area contributed by atoms with Gasteiger partial charge in [0.25, 0.3) is 0 Å². The minimum Gasteiger partial charge on any atom is -0.436 e. The van der Waals surface area contributed by atoms with Crippen LogP contribution < -0.4 is 0 Å². The number of hydrogen-bond donors (Lipinski definition) is 1. The number of benzene rings is 2. The van der Waals surface area contributed by atoms with Crippen LogP contribution in [0.25, 0.3) is 22.6 Å². The molecule has 0 aliphatic heterocycles. The first-order valence-electron chi connectivity index (χ1n) is 10.5. The standard InChI is InChI=1S/C24H32ClNO3Si/c1-7-19(27)21(29-30(5,6)24(2,3)4)15-17-9-8-10-20-22(17)26-23(28-20)16-11-13-18(25)14-12-16/h8-14,19,21,27H,7,15H2,1-6H3/t19-,21-/m0/s1. The van der Waals surface area contributed by atoms with Gasteiger partial charge in [-0.1, -0.05) is 51.4 Å². The number of para-hydroxylation sites is 1. The van der Waals surface area contributed by atoms with E-state index in [1.54, 1.807) is 0 Å². The smallest absolute Gasteiger partial charge is 0.227 e. The quantitative estimate of drug-likeness (QED) is 0.404. The summed E-state index contributed by atoms with van der Waals surface area (Å²) in [7, 11) is -2.04. The van der Waals surface area contributed by atoms with E-state index in [9.17, 15) is 5.11 Å². The van der Waals surface area contributed by atoms with Crippen molar-refractivity contribution in [2.75, 3.05) is 0 Å². The van der Waals surface area contributed by atoms with Gasteiger partial charge in [0.1, 0.15) is 5.52 Å². The maximum Gasteiger partial charge on any atom is 0.227 e. The average Bonchev–Trinajstić information content (AvgIpc) is 3.11. The molecule has 0 saturated carbocycles. The Kier molecular flexibility index (Phi) is 6.77. The zero-order chi connectivity index (χ0) is 22.1. The maximum atomic E-state index is 10.7. The Balaban J connectivity index is 1.94. The molecule has 1 heterocycles. The van der Waals surface area contributed by atoms with Crippen molar-refractivity contribution in [3.8, 4) is 11.5 Å². The molecule has 0 fully saturated rings. The number of fused-ring (bicyclic) bond motifs is 1. The molecule has 2 aromatic carbocycles. The molecule has 0 spiro atoms. The lowest BCUT2D eigenvalue weighted by atomic mass is 10.0. The lowest BCUT2D eigenvalue weighted by Gasteiger charge is -2.40. The second kappa shape index (κ2) is 8.83. The lowest BCUT2D eigenvalue weighted by molar-refractivity contribution is 0.0259. The van der Waals surface area contributed by atoms with Gasteiger partial charge in [0, 0.05) is 17.0 Å². The van der Waals surface area contributed by atoms with Crippen LogP contribution >= 0.6 is 11.6 Å². The number of nitrogens with zero attached hydrogens (tertiary/aromatic N) is 1. The topological polar surface area (TPSA) is 55.5 Å². The van der Waals surface area contributed by atoms with Crippen LogP contribution in [-0.2, 0) is 10.8 Å². The molecule has 30 heavy (non-hydrogen) atoms. The highest BCUT2D eigenvalue weighted by atomic mass is 35.5. The summed E-state index contributed by atoms with van der Waals surface area (Å²) in [6.07, 6.45) is 0.421. The zero-order valence-electron chi connectivity index (χ0n) is 18.7. The van der Waals surface area contributed by atoms with Crippen molar-refractivity contribution in [2.45, 2.75) is 70.9 Å². The summed E-state index contributed by atoms with van der Waals surface area (Å²) in [5, 5.41) is 11.5. The molecule has 2 atom stereocenters. The molecule has 4 nitrogen and oxygen atoms in total. The third kappa shape index (κ3) is 4.97. The molecule has 0 radical (unpaired) electrons. The zero-order valence-corrected chi connectivity index (χ0v) is 20.5. The summed E-state index contributed by atoms with van der Waals surface area (Å²) in [5.74, 6) is 0.562. The first kappa shape index (κ1) is 23.0. The van der Waals surface area contributed by atoms with E-state index in [1.807, 2.05) is 49.4 Å². The fourth-order valence-electron chi connectivity index (χ4n) is 3.18. The van der Waals surface area contributed by atoms with Crippen LogP contribution in [0.2, 0.25) is 23.2 Å². The largest absolute Gasteiger partial charge is 0.436 e. The molecule has 0 amide bonds. The molecule has 162 valence electrons. The second-order valence-electron chi connectivity index (χ2n) is 9.39. The van der Waals surface area contributed by atoms with Crippen molar-refractivity contribution >= 4 is 31.0 Å². The van der Waals surface area contributed by atoms with E-state index in [0.29, 0.717) is 23.8 Å². The van der Waals surface area contributed by atoms with Gasteiger partial charge in [0.2, 0.25) is 5.89 Å². The van der Waals surface area contributed by atoms with Gasteiger partial charge in [-0.2, -0.15) is 0 Å². The van der Waals surface area contributed by atoms with Crippen LogP contribution in [0.5, 0.6) is 0 Å². The normalized spacial score (nSPS) is 14.8. The van der Waals surface area contributed by atoms with E-state index in [2.05, 4.69) is 33.9 Å².